The van der Waals surface area contributed by atoms with Crippen LogP contribution in [-0.2, 0) is 19.7 Å². The fourth-order valence-corrected chi connectivity index (χ4v) is 2.43. The largest absolute Gasteiger partial charge is 0.290 e. The van der Waals surface area contributed by atoms with E-state index in [1.807, 2.05) is 0 Å². The Kier molecular flexibility index (Phi) is 11.6. The molecule has 1 rings (SSSR count). The van der Waals surface area contributed by atoms with Gasteiger partial charge in [0.2, 0.25) is 0 Å². The first-order valence-electron chi connectivity index (χ1n) is 7.74. The maximum absolute atomic E-state index is 10.4. The van der Waals surface area contributed by atoms with E-state index in [1.54, 1.807) is 0 Å². The summed E-state index contributed by atoms with van der Waals surface area (Å²) in [6.07, 6.45) is 13.9. The van der Waals surface area contributed by atoms with Crippen molar-refractivity contribution in [3.63, 3.8) is 0 Å². The van der Waals surface area contributed by atoms with Gasteiger partial charge in [0.15, 0.2) is 11.6 Å². The average Bonchev–Trinajstić information content (AvgIpc) is 2.45. The molecule has 1 aliphatic rings. The van der Waals surface area contributed by atoms with Crippen molar-refractivity contribution in [2.45, 2.75) is 58.3 Å². The van der Waals surface area contributed by atoms with Gasteiger partial charge in [-0.15, -0.1) is 0 Å². The molecule has 0 bridgehead atoms. The van der Waals surface area contributed by atoms with E-state index in [2.05, 4.69) is 6.92 Å². The molecule has 126 valence electrons. The third-order valence-electron chi connectivity index (χ3n) is 3.08. The van der Waals surface area contributed by atoms with Crippen molar-refractivity contribution in [1.29, 1.82) is 0 Å². The van der Waals surface area contributed by atoms with E-state index in [-0.39, 0.29) is 17.3 Å². The Balaban J connectivity index is 0.000000461. The molecule has 1 N–H and O–H groups in total. The van der Waals surface area contributed by atoms with Crippen LogP contribution in [0.4, 0.5) is 0 Å². The summed E-state index contributed by atoms with van der Waals surface area (Å²) in [6.45, 7) is 2.19. The number of rotatable bonds is 9. The minimum atomic E-state index is -3.73. The Morgan fingerprint density at radius 3 is 1.50 bits per heavy atom. The van der Waals surface area contributed by atoms with Crippen LogP contribution in [0.2, 0.25) is 0 Å². The lowest BCUT2D eigenvalue weighted by molar-refractivity contribution is -0.113. The predicted molar refractivity (Wildman–Crippen MR) is 87.3 cm³/mol. The topological polar surface area (TPSA) is 88.5 Å². The summed E-state index contributed by atoms with van der Waals surface area (Å²) in [4.78, 5) is 20.6. The lowest BCUT2D eigenvalue weighted by Gasteiger charge is -2.00. The van der Waals surface area contributed by atoms with Crippen molar-refractivity contribution in [2.24, 2.45) is 0 Å². The summed E-state index contributed by atoms with van der Waals surface area (Å²) >= 11 is 0. The Hall–Kier alpha value is -1.27. The molecule has 0 amide bonds. The van der Waals surface area contributed by atoms with Gasteiger partial charge >= 0.3 is 0 Å². The highest BCUT2D eigenvalue weighted by molar-refractivity contribution is 7.85. The molecule has 1 aliphatic carbocycles. The van der Waals surface area contributed by atoms with Crippen LogP contribution in [0.1, 0.15) is 58.3 Å². The van der Waals surface area contributed by atoms with Gasteiger partial charge in [-0.2, -0.15) is 8.42 Å². The molecule has 0 fully saturated rings. The summed E-state index contributed by atoms with van der Waals surface area (Å²) in [7, 11) is -3.73. The van der Waals surface area contributed by atoms with E-state index in [0.29, 0.717) is 6.42 Å². The van der Waals surface area contributed by atoms with Gasteiger partial charge in [-0.05, 0) is 30.7 Å². The summed E-state index contributed by atoms with van der Waals surface area (Å²) in [5.41, 5.74) is 0. The predicted octanol–water partition coefficient (Wildman–Crippen LogP) is 3.27. The number of unbranched alkanes of at least 4 members (excludes halogenated alkanes) is 7. The molecule has 22 heavy (non-hydrogen) atoms. The van der Waals surface area contributed by atoms with Crippen LogP contribution in [0.15, 0.2) is 24.3 Å². The van der Waals surface area contributed by atoms with Gasteiger partial charge in [-0.1, -0.05) is 51.9 Å². The van der Waals surface area contributed by atoms with Crippen LogP contribution in [0.3, 0.4) is 0 Å². The molecule has 0 atom stereocenters. The zero-order valence-electron chi connectivity index (χ0n) is 13.2. The first-order chi connectivity index (χ1) is 10.3. The van der Waals surface area contributed by atoms with Crippen LogP contribution in [-0.4, -0.2) is 30.3 Å². The van der Waals surface area contributed by atoms with Crippen molar-refractivity contribution < 1.29 is 22.6 Å². The van der Waals surface area contributed by atoms with Crippen molar-refractivity contribution in [2.75, 3.05) is 5.75 Å². The molecular weight excluding hydrogens is 304 g/mol. The average molecular weight is 330 g/mol. The summed E-state index contributed by atoms with van der Waals surface area (Å²) in [5, 5.41) is 0. The zero-order valence-corrected chi connectivity index (χ0v) is 14.0. The molecular formula is C16H26O5S. The van der Waals surface area contributed by atoms with Crippen molar-refractivity contribution >= 4 is 21.7 Å². The maximum Gasteiger partial charge on any atom is 0.264 e. The second-order valence-corrected chi connectivity index (χ2v) is 6.80. The molecule has 0 heterocycles. The van der Waals surface area contributed by atoms with E-state index in [4.69, 9.17) is 4.55 Å². The third-order valence-corrected chi connectivity index (χ3v) is 3.88. The van der Waals surface area contributed by atoms with Gasteiger partial charge in [0.25, 0.3) is 10.1 Å². The standard InChI is InChI=1S/C10H22O3S.C6H4O2/c1-2-3-4-5-6-7-8-9-10-14(11,12)13;7-5-1-2-6(8)4-3-5/h2-10H2,1H3,(H,11,12,13);1-4H. The quantitative estimate of drug-likeness (QED) is 0.398. The fourth-order valence-electron chi connectivity index (χ4n) is 1.86. The van der Waals surface area contributed by atoms with Gasteiger partial charge in [0.1, 0.15) is 0 Å². The normalized spacial score (nSPS) is 13.9. The van der Waals surface area contributed by atoms with Gasteiger partial charge in [0, 0.05) is 0 Å². The van der Waals surface area contributed by atoms with E-state index in [1.165, 1.54) is 56.4 Å². The number of ketones is 2. The second kappa shape index (κ2) is 12.3. The summed E-state index contributed by atoms with van der Waals surface area (Å²) in [6, 6.07) is 0. The van der Waals surface area contributed by atoms with Crippen molar-refractivity contribution in [3.8, 4) is 0 Å². The maximum atomic E-state index is 10.4. The molecule has 0 aromatic rings. The number of hydrogen-bond acceptors (Lipinski definition) is 4. The SMILES string of the molecule is CCCCCCCCCCS(=O)(=O)O.O=C1C=CC(=O)C=C1. The molecule has 0 aromatic carbocycles. The van der Waals surface area contributed by atoms with Crippen LogP contribution in [0, 0.1) is 0 Å². The van der Waals surface area contributed by atoms with E-state index in [0.717, 1.165) is 12.8 Å². The highest BCUT2D eigenvalue weighted by atomic mass is 32.2. The second-order valence-electron chi connectivity index (χ2n) is 5.23. The highest BCUT2D eigenvalue weighted by Crippen LogP contribution is 2.08. The van der Waals surface area contributed by atoms with E-state index >= 15 is 0 Å². The molecule has 0 aromatic heterocycles. The number of carbonyl (C=O) groups is 2. The number of carbonyl (C=O) groups excluding carboxylic acids is 2. The summed E-state index contributed by atoms with van der Waals surface area (Å²) < 4.78 is 29.2. The van der Waals surface area contributed by atoms with Gasteiger partial charge in [-0.3, -0.25) is 14.1 Å². The van der Waals surface area contributed by atoms with Gasteiger partial charge in [-0.25, -0.2) is 0 Å². The minimum absolute atomic E-state index is 0.0814. The number of allylic oxidation sites excluding steroid dienone is 4. The first-order valence-corrected chi connectivity index (χ1v) is 9.35. The van der Waals surface area contributed by atoms with Crippen LogP contribution in [0.5, 0.6) is 0 Å². The summed E-state index contributed by atoms with van der Waals surface area (Å²) in [5.74, 6) is -0.323. The van der Waals surface area contributed by atoms with Crippen LogP contribution < -0.4 is 0 Å². The lowest BCUT2D eigenvalue weighted by atomic mass is 10.1. The Bertz CT molecular complexity index is 451. The zero-order chi connectivity index (χ0) is 16.8. The molecule has 5 nitrogen and oxygen atoms in total. The Morgan fingerprint density at radius 1 is 0.773 bits per heavy atom. The molecule has 0 saturated heterocycles. The molecule has 6 heteroatoms. The molecule has 0 saturated carbocycles. The minimum Gasteiger partial charge on any atom is -0.290 e. The lowest BCUT2D eigenvalue weighted by Crippen LogP contribution is -2.03. The molecule has 0 unspecified atom stereocenters. The monoisotopic (exact) mass is 330 g/mol. The smallest absolute Gasteiger partial charge is 0.264 e. The molecule has 0 spiro atoms. The van der Waals surface area contributed by atoms with Crippen molar-refractivity contribution in [1.82, 2.24) is 0 Å². The van der Waals surface area contributed by atoms with E-state index < -0.39 is 10.1 Å². The van der Waals surface area contributed by atoms with Gasteiger partial charge < -0.3 is 0 Å². The first kappa shape index (κ1) is 20.7. The van der Waals surface area contributed by atoms with Crippen molar-refractivity contribution in [3.05, 3.63) is 24.3 Å². The van der Waals surface area contributed by atoms with Crippen LogP contribution >= 0.6 is 0 Å². The van der Waals surface area contributed by atoms with Gasteiger partial charge in [0.05, 0.1) is 5.75 Å². The Labute approximate surface area is 133 Å². The molecule has 0 radical (unpaired) electrons. The number of hydrogen-bond donors (Lipinski definition) is 1. The third kappa shape index (κ3) is 15.1. The molecule has 0 aliphatic heterocycles. The highest BCUT2D eigenvalue weighted by Gasteiger charge is 2.02. The Morgan fingerprint density at radius 2 is 1.14 bits per heavy atom. The fraction of sp³-hybridized carbons (Fsp3) is 0.625. The van der Waals surface area contributed by atoms with E-state index in [9.17, 15) is 18.0 Å². The van der Waals surface area contributed by atoms with Crippen LogP contribution in [0.25, 0.3) is 0 Å².